The number of ether oxygens (including phenoxy) is 1. The number of carbonyl (C=O) groups excluding carboxylic acids is 1. The molecule has 0 fully saturated rings. The first kappa shape index (κ1) is 12.7. The van der Waals surface area contributed by atoms with Crippen LogP contribution in [0.15, 0.2) is 33.7 Å². The Hall–Kier alpha value is -2.30. The third kappa shape index (κ3) is 1.95. The Balaban J connectivity index is 2.06. The Morgan fingerprint density at radius 3 is 3.10 bits per heavy atom. The number of nitrogens with zero attached hydrogens (tertiary/aromatic N) is 1. The van der Waals surface area contributed by atoms with Gasteiger partial charge in [-0.05, 0) is 19.4 Å². The van der Waals surface area contributed by atoms with E-state index in [9.17, 15) is 9.90 Å². The van der Waals surface area contributed by atoms with Gasteiger partial charge < -0.3 is 14.3 Å². The molecule has 20 heavy (non-hydrogen) atoms. The summed E-state index contributed by atoms with van der Waals surface area (Å²) in [5, 5.41) is 10.8. The second kappa shape index (κ2) is 5.00. The fourth-order valence-corrected chi connectivity index (χ4v) is 2.57. The molecule has 2 aromatic rings. The first-order chi connectivity index (χ1) is 9.72. The zero-order valence-corrected chi connectivity index (χ0v) is 11.1. The van der Waals surface area contributed by atoms with Gasteiger partial charge in [-0.1, -0.05) is 18.2 Å². The minimum Gasteiger partial charge on any atom is -0.480 e. The summed E-state index contributed by atoms with van der Waals surface area (Å²) >= 11 is 0. The highest BCUT2D eigenvalue weighted by Crippen LogP contribution is 2.35. The molecule has 0 amide bonds. The van der Waals surface area contributed by atoms with Crippen LogP contribution in [0.2, 0.25) is 0 Å². The van der Waals surface area contributed by atoms with Gasteiger partial charge in [-0.2, -0.15) is 0 Å². The molecular formula is C15H15NO4. The van der Waals surface area contributed by atoms with Crippen molar-refractivity contribution in [1.29, 1.82) is 0 Å². The number of fused-ring (bicyclic) bond motifs is 1. The third-order valence-electron chi connectivity index (χ3n) is 3.43. The molecule has 5 heteroatoms. The van der Waals surface area contributed by atoms with Crippen LogP contribution in [-0.4, -0.2) is 29.9 Å². The first-order valence-corrected chi connectivity index (χ1v) is 6.64. The lowest BCUT2D eigenvalue weighted by Crippen LogP contribution is -2.23. The SMILES string of the molecule is CCOC(=O)C1CCN=C1c1c(O)oc2ccccc12. The Morgan fingerprint density at radius 1 is 1.50 bits per heavy atom. The van der Waals surface area contributed by atoms with Crippen molar-refractivity contribution >= 4 is 22.7 Å². The number of esters is 1. The fourth-order valence-electron chi connectivity index (χ4n) is 2.57. The normalized spacial score (nSPS) is 18.2. The number of hydrogen-bond donors (Lipinski definition) is 1. The van der Waals surface area contributed by atoms with Gasteiger partial charge in [0.05, 0.1) is 17.9 Å². The van der Waals surface area contributed by atoms with Crippen molar-refractivity contribution in [3.8, 4) is 5.95 Å². The van der Waals surface area contributed by atoms with Crippen LogP contribution in [-0.2, 0) is 9.53 Å². The van der Waals surface area contributed by atoms with Gasteiger partial charge in [-0.15, -0.1) is 0 Å². The summed E-state index contributed by atoms with van der Waals surface area (Å²) in [5.74, 6) is -0.920. The molecule has 104 valence electrons. The van der Waals surface area contributed by atoms with Gasteiger partial charge in [0, 0.05) is 11.9 Å². The van der Waals surface area contributed by atoms with Crippen LogP contribution in [0.25, 0.3) is 11.0 Å². The van der Waals surface area contributed by atoms with E-state index in [1.807, 2.05) is 18.2 Å². The largest absolute Gasteiger partial charge is 0.480 e. The second-order valence-corrected chi connectivity index (χ2v) is 4.64. The standard InChI is InChI=1S/C15H15NO4/c1-2-19-14(17)10-7-8-16-13(10)12-9-5-3-4-6-11(9)20-15(12)18/h3-6,10,18H,2,7-8H2,1H3. The molecule has 0 aliphatic carbocycles. The zero-order chi connectivity index (χ0) is 14.1. The molecule has 0 radical (unpaired) electrons. The summed E-state index contributed by atoms with van der Waals surface area (Å²) in [6.07, 6.45) is 0.604. The Kier molecular flexibility index (Phi) is 3.18. The number of hydrogen-bond acceptors (Lipinski definition) is 5. The van der Waals surface area contributed by atoms with Gasteiger partial charge in [0.1, 0.15) is 11.5 Å². The summed E-state index contributed by atoms with van der Waals surface area (Å²) in [5.41, 5.74) is 1.65. The van der Waals surface area contributed by atoms with Gasteiger partial charge in [0.2, 0.25) is 0 Å². The van der Waals surface area contributed by atoms with Crippen LogP contribution in [0.3, 0.4) is 0 Å². The highest BCUT2D eigenvalue weighted by molar-refractivity contribution is 6.19. The van der Waals surface area contributed by atoms with Crippen LogP contribution in [0, 0.1) is 5.92 Å². The van der Waals surface area contributed by atoms with Crippen molar-refractivity contribution in [2.24, 2.45) is 10.9 Å². The van der Waals surface area contributed by atoms with E-state index >= 15 is 0 Å². The average Bonchev–Trinajstić information content (AvgIpc) is 3.01. The van der Waals surface area contributed by atoms with Crippen molar-refractivity contribution in [3.63, 3.8) is 0 Å². The maximum atomic E-state index is 12.0. The molecule has 1 unspecified atom stereocenters. The molecular weight excluding hydrogens is 258 g/mol. The minimum absolute atomic E-state index is 0.193. The Bertz CT molecular complexity index is 686. The van der Waals surface area contributed by atoms with Crippen LogP contribution in [0.4, 0.5) is 0 Å². The topological polar surface area (TPSA) is 72.0 Å². The van der Waals surface area contributed by atoms with Crippen molar-refractivity contribution < 1.29 is 19.1 Å². The van der Waals surface area contributed by atoms with E-state index in [-0.39, 0.29) is 11.9 Å². The lowest BCUT2D eigenvalue weighted by molar-refractivity contribution is -0.145. The summed E-state index contributed by atoms with van der Waals surface area (Å²) in [6, 6.07) is 7.30. The Labute approximate surface area is 115 Å². The molecule has 3 rings (SSSR count). The van der Waals surface area contributed by atoms with Crippen molar-refractivity contribution in [3.05, 3.63) is 29.8 Å². The van der Waals surface area contributed by atoms with E-state index in [1.165, 1.54) is 0 Å². The number of para-hydroxylation sites is 1. The number of rotatable bonds is 3. The van der Waals surface area contributed by atoms with E-state index in [1.54, 1.807) is 13.0 Å². The molecule has 2 heterocycles. The molecule has 1 aliphatic heterocycles. The first-order valence-electron chi connectivity index (χ1n) is 6.64. The monoisotopic (exact) mass is 273 g/mol. The molecule has 5 nitrogen and oxygen atoms in total. The molecule has 0 saturated carbocycles. The third-order valence-corrected chi connectivity index (χ3v) is 3.43. The summed E-state index contributed by atoms with van der Waals surface area (Å²) in [4.78, 5) is 16.4. The van der Waals surface area contributed by atoms with Crippen molar-refractivity contribution in [1.82, 2.24) is 0 Å². The summed E-state index contributed by atoms with van der Waals surface area (Å²) < 4.78 is 10.4. The molecule has 0 spiro atoms. The van der Waals surface area contributed by atoms with Crippen LogP contribution < -0.4 is 0 Å². The number of aromatic hydroxyl groups is 1. The highest BCUT2D eigenvalue weighted by Gasteiger charge is 2.34. The zero-order valence-electron chi connectivity index (χ0n) is 11.1. The number of aliphatic imine (C=N–C) groups is 1. The van der Waals surface area contributed by atoms with Crippen LogP contribution >= 0.6 is 0 Å². The van der Waals surface area contributed by atoms with Gasteiger partial charge in [0.25, 0.3) is 5.95 Å². The lowest BCUT2D eigenvalue weighted by atomic mass is 9.95. The van der Waals surface area contributed by atoms with Crippen LogP contribution in [0.5, 0.6) is 5.95 Å². The van der Waals surface area contributed by atoms with E-state index < -0.39 is 5.92 Å². The van der Waals surface area contributed by atoms with Crippen molar-refractivity contribution in [2.75, 3.05) is 13.2 Å². The molecule has 1 aromatic carbocycles. The fraction of sp³-hybridized carbons (Fsp3) is 0.333. The lowest BCUT2D eigenvalue weighted by Gasteiger charge is -2.11. The molecule has 1 atom stereocenters. The van der Waals surface area contributed by atoms with Crippen LogP contribution in [0.1, 0.15) is 18.9 Å². The summed E-state index contributed by atoms with van der Waals surface area (Å²) in [7, 11) is 0. The van der Waals surface area contributed by atoms with Gasteiger partial charge in [-0.3, -0.25) is 9.79 Å². The van der Waals surface area contributed by atoms with Crippen molar-refractivity contribution in [2.45, 2.75) is 13.3 Å². The molecule has 1 N–H and O–H groups in total. The predicted molar refractivity (Wildman–Crippen MR) is 74.0 cm³/mol. The molecule has 1 aliphatic rings. The predicted octanol–water partition coefficient (Wildman–Crippen LogP) is 2.51. The average molecular weight is 273 g/mol. The minimum atomic E-state index is -0.429. The molecule has 0 bridgehead atoms. The quantitative estimate of drug-likeness (QED) is 0.872. The number of carbonyl (C=O) groups is 1. The maximum absolute atomic E-state index is 12.0. The van der Waals surface area contributed by atoms with E-state index in [0.717, 1.165) is 5.39 Å². The van der Waals surface area contributed by atoms with E-state index in [2.05, 4.69) is 4.99 Å². The summed E-state index contributed by atoms with van der Waals surface area (Å²) in [6.45, 7) is 2.66. The Morgan fingerprint density at radius 2 is 2.30 bits per heavy atom. The van der Waals surface area contributed by atoms with Gasteiger partial charge in [0.15, 0.2) is 0 Å². The number of furan rings is 1. The molecule has 0 saturated heterocycles. The maximum Gasteiger partial charge on any atom is 0.315 e. The second-order valence-electron chi connectivity index (χ2n) is 4.64. The van der Waals surface area contributed by atoms with E-state index in [0.29, 0.717) is 36.4 Å². The number of benzene rings is 1. The van der Waals surface area contributed by atoms with E-state index in [4.69, 9.17) is 9.15 Å². The molecule has 1 aromatic heterocycles. The highest BCUT2D eigenvalue weighted by atomic mass is 16.5. The van der Waals surface area contributed by atoms with Gasteiger partial charge >= 0.3 is 5.97 Å². The van der Waals surface area contributed by atoms with Gasteiger partial charge in [-0.25, -0.2) is 0 Å². The smallest absolute Gasteiger partial charge is 0.315 e.